The summed E-state index contributed by atoms with van der Waals surface area (Å²) in [6, 6.07) is 18.9. The Hall–Kier alpha value is -10.9. The zero-order valence-corrected chi connectivity index (χ0v) is 57.1. The minimum absolute atomic E-state index is 0.00681. The molecule has 0 bridgehead atoms. The summed E-state index contributed by atoms with van der Waals surface area (Å²) in [6.07, 6.45) is 7.15. The number of aliphatic carboxylic acids is 1. The number of carbonyl (C=O) groups excluding carboxylic acids is 8. The van der Waals surface area contributed by atoms with Crippen molar-refractivity contribution < 1.29 is 48.3 Å². The van der Waals surface area contributed by atoms with E-state index in [1.54, 1.807) is 62.8 Å². The maximum Gasteiger partial charge on any atom is 0.326 e. The van der Waals surface area contributed by atoms with Gasteiger partial charge in [0.1, 0.15) is 48.3 Å². The van der Waals surface area contributed by atoms with Crippen LogP contribution in [0.1, 0.15) is 100 Å². The van der Waals surface area contributed by atoms with E-state index in [0.29, 0.717) is 60.9 Å². The normalized spacial score (nSPS) is 14.0. The van der Waals surface area contributed by atoms with Crippen LogP contribution in [0.2, 0.25) is 0 Å². The highest BCUT2D eigenvalue weighted by Crippen LogP contribution is 2.24. The first-order valence-electron chi connectivity index (χ1n) is 34.1. The number of aromatic nitrogens is 3. The van der Waals surface area contributed by atoms with Gasteiger partial charge in [0.15, 0.2) is 11.9 Å². The van der Waals surface area contributed by atoms with Gasteiger partial charge in [-0.3, -0.25) is 48.3 Å². The number of benzene rings is 4. The number of hydrogen-bond donors (Lipinski definition) is 19. The van der Waals surface area contributed by atoms with E-state index in [9.17, 15) is 38.7 Å². The molecule has 8 amide bonds. The first-order chi connectivity index (χ1) is 48.5. The quantitative estimate of drug-likeness (QED) is 0.0142. The molecular weight excluding hydrogens is 1290 g/mol. The van der Waals surface area contributed by atoms with Gasteiger partial charge in [0.05, 0.1) is 6.04 Å². The predicted molar refractivity (Wildman–Crippen MR) is 388 cm³/mol. The Kier molecular flexibility index (Phi) is 30.0. The molecule has 101 heavy (non-hydrogen) atoms. The number of nitrogens with zero attached hydrogens (tertiary/aromatic N) is 2. The fraction of sp³-hybridized carbons (Fsp3) is 0.423. The monoisotopic (exact) mass is 1390 g/mol. The van der Waals surface area contributed by atoms with Crippen molar-refractivity contribution in [3.63, 3.8) is 0 Å². The summed E-state index contributed by atoms with van der Waals surface area (Å²) in [5.74, 6) is -8.67. The lowest BCUT2D eigenvalue weighted by atomic mass is 9.98. The molecule has 0 radical (unpaired) electrons. The van der Waals surface area contributed by atoms with Crippen LogP contribution in [0, 0.1) is 5.92 Å². The number of aromatic amines is 3. The summed E-state index contributed by atoms with van der Waals surface area (Å²) < 4.78 is 0. The van der Waals surface area contributed by atoms with Gasteiger partial charge >= 0.3 is 5.97 Å². The molecule has 0 saturated heterocycles. The Labute approximate surface area is 585 Å². The van der Waals surface area contributed by atoms with Gasteiger partial charge in [0, 0.05) is 90.1 Å². The van der Waals surface area contributed by atoms with Crippen molar-refractivity contribution in [3.05, 3.63) is 144 Å². The van der Waals surface area contributed by atoms with Crippen molar-refractivity contribution in [1.29, 1.82) is 0 Å². The number of aliphatic imine (C=N–C) groups is 2. The number of fused-ring (bicyclic) bond motifs is 3. The maximum absolute atomic E-state index is 15.2. The van der Waals surface area contributed by atoms with Crippen molar-refractivity contribution in [1.82, 2.24) is 57.5 Å². The van der Waals surface area contributed by atoms with Gasteiger partial charge in [-0.25, -0.2) is 4.79 Å². The second-order valence-corrected chi connectivity index (χ2v) is 25.5. The average molecular weight is 1390 g/mol. The predicted octanol–water partition coefficient (Wildman–Crippen LogP) is 0.713. The van der Waals surface area contributed by atoms with E-state index in [1.165, 1.54) is 0 Å². The minimum atomic E-state index is -1.45. The topological polar surface area (TPSA) is 524 Å². The molecule has 30 heteroatoms. The molecule has 30 nitrogen and oxygen atoms in total. The lowest BCUT2D eigenvalue weighted by molar-refractivity contribution is -0.142. The molecule has 0 saturated carbocycles. The number of unbranched alkanes of at least 4 members (excludes halogenated alkanes) is 2. The summed E-state index contributed by atoms with van der Waals surface area (Å²) in [5.41, 5.74) is 45.2. The van der Waals surface area contributed by atoms with Gasteiger partial charge in [-0.1, -0.05) is 105 Å². The van der Waals surface area contributed by atoms with Gasteiger partial charge in [-0.2, -0.15) is 0 Å². The standard InChI is InChI=1S/C71H98N20O10/c1-41(2)60(68(99)89-58(36-44-39-82-51-25-10-7-21-47(44)51)66(97)88-57(35-43-38-81-50-24-9-6-20-46(43)50)67(98)90-59(69(100)101)37-45-40-83-52-26-11-8-22-48(45)52)91-64(95)55(29-17-33-80-71(77)78)85-62(93)53(27-13-15-31-73)84-63(94)54(28-16-32-79-70(75)76)86-65(96)56(34-42-18-4-3-5-19-42)87-61(92)49(74)23-12-14-30-72/h3-11,18-22,24-26,38-41,49,53-60,81-83H,12-17,23,27-37,72-74H2,1-2H3,(H,84,94)(H,85,93)(H,86,96)(H,87,92)(H,88,97)(H,89,99)(H,90,98)(H,91,95)(H,100,101)(H4,75,76,79)(H4,77,78,80)/t49-,53-,54-,55-,56-,57-,58-,59-,60-/m0/s1. The molecule has 26 N–H and O–H groups in total. The van der Waals surface area contributed by atoms with Crippen molar-refractivity contribution in [2.75, 3.05) is 26.2 Å². The van der Waals surface area contributed by atoms with Crippen LogP contribution in [-0.4, -0.2) is 166 Å². The number of rotatable bonds is 42. The van der Waals surface area contributed by atoms with Crippen molar-refractivity contribution in [3.8, 4) is 0 Å². The lowest BCUT2D eigenvalue weighted by Crippen LogP contribution is -2.61. The molecule has 4 aromatic carbocycles. The van der Waals surface area contributed by atoms with Crippen LogP contribution in [0.5, 0.6) is 0 Å². The van der Waals surface area contributed by atoms with Gasteiger partial charge < -0.3 is 103 Å². The van der Waals surface area contributed by atoms with E-state index in [-0.39, 0.29) is 89.3 Å². The molecule has 0 unspecified atom stereocenters. The molecule has 7 rings (SSSR count). The average Bonchev–Trinajstić information content (AvgIpc) is 1.67. The first-order valence-corrected chi connectivity index (χ1v) is 34.1. The summed E-state index contributed by atoms with van der Waals surface area (Å²) in [7, 11) is 0. The molecule has 0 aliphatic carbocycles. The number of amides is 8. The summed E-state index contributed by atoms with van der Waals surface area (Å²) in [5, 5.41) is 35.1. The Bertz CT molecular complexity index is 3970. The van der Waals surface area contributed by atoms with Crippen LogP contribution in [0.3, 0.4) is 0 Å². The highest BCUT2D eigenvalue weighted by Gasteiger charge is 2.37. The van der Waals surface area contributed by atoms with E-state index in [4.69, 9.17) is 40.1 Å². The molecule has 3 aromatic heterocycles. The second-order valence-electron chi connectivity index (χ2n) is 25.5. The largest absolute Gasteiger partial charge is 0.480 e. The number of carbonyl (C=O) groups is 9. The number of carboxylic acids is 1. The van der Waals surface area contributed by atoms with Crippen LogP contribution in [-0.2, 0) is 68.8 Å². The smallest absolute Gasteiger partial charge is 0.326 e. The minimum Gasteiger partial charge on any atom is -0.480 e. The zero-order valence-electron chi connectivity index (χ0n) is 57.1. The Balaban J connectivity index is 1.15. The third kappa shape index (κ3) is 23.7. The fourth-order valence-corrected chi connectivity index (χ4v) is 11.9. The molecule has 9 atom stereocenters. The van der Waals surface area contributed by atoms with Crippen LogP contribution in [0.15, 0.2) is 132 Å². The lowest BCUT2D eigenvalue weighted by Gasteiger charge is -2.29. The summed E-state index contributed by atoms with van der Waals surface area (Å²) in [6.45, 7) is 4.04. The van der Waals surface area contributed by atoms with Gasteiger partial charge in [0.25, 0.3) is 0 Å². The third-order valence-electron chi connectivity index (χ3n) is 17.4. The van der Waals surface area contributed by atoms with Gasteiger partial charge in [-0.15, -0.1) is 0 Å². The first kappa shape index (κ1) is 77.5. The summed E-state index contributed by atoms with van der Waals surface area (Å²) in [4.78, 5) is 148. The zero-order chi connectivity index (χ0) is 73.0. The van der Waals surface area contributed by atoms with E-state index in [0.717, 1.165) is 32.7 Å². The molecule has 0 aliphatic rings. The van der Waals surface area contributed by atoms with Crippen LogP contribution >= 0.6 is 0 Å². The molecule has 0 fully saturated rings. The van der Waals surface area contributed by atoms with E-state index >= 15 is 9.59 Å². The van der Waals surface area contributed by atoms with Crippen molar-refractivity contribution in [2.45, 2.75) is 158 Å². The SMILES string of the molecule is CC(C)[C@H](NC(=O)[C@H](CCCN=C(N)N)NC(=O)[C@H](CCCCN)NC(=O)[C@H](CCCN=C(N)N)NC(=O)[C@H](Cc1ccccc1)NC(=O)[C@@H](N)CCCCN)C(=O)N[C@@H](Cc1c[nH]c2ccccc12)C(=O)N[C@@H](Cc1c[nH]c2ccccc12)C(=O)N[C@@H](Cc1c[nH]c2ccccc12)C(=O)O. The number of hydrogen-bond acceptors (Lipinski definition) is 14. The Morgan fingerprint density at radius 2 is 0.733 bits per heavy atom. The van der Waals surface area contributed by atoms with Gasteiger partial charge in [-0.05, 0) is 117 Å². The highest BCUT2D eigenvalue weighted by molar-refractivity contribution is 5.99. The molecule has 0 spiro atoms. The molecule has 542 valence electrons. The van der Waals surface area contributed by atoms with Crippen LogP contribution < -0.4 is 82.7 Å². The van der Waals surface area contributed by atoms with Crippen molar-refractivity contribution in [2.24, 2.45) is 56.0 Å². The van der Waals surface area contributed by atoms with Gasteiger partial charge in [0.2, 0.25) is 47.3 Å². The number of H-pyrrole nitrogens is 3. The Morgan fingerprint density at radius 1 is 0.396 bits per heavy atom. The number of nitrogens with two attached hydrogens (primary N) is 7. The number of nitrogens with one attached hydrogen (secondary N) is 11. The van der Waals surface area contributed by atoms with E-state index in [2.05, 4.69) is 67.5 Å². The van der Waals surface area contributed by atoms with E-state index in [1.807, 2.05) is 72.8 Å². The third-order valence-corrected chi connectivity index (χ3v) is 17.4. The number of carboxylic acid groups (broad SMARTS) is 1. The van der Waals surface area contributed by atoms with Crippen LogP contribution in [0.4, 0.5) is 0 Å². The number of para-hydroxylation sites is 3. The highest BCUT2D eigenvalue weighted by atomic mass is 16.4. The molecule has 0 aliphatic heterocycles. The van der Waals surface area contributed by atoms with E-state index < -0.39 is 114 Å². The van der Waals surface area contributed by atoms with Crippen molar-refractivity contribution >= 4 is 97.9 Å². The van der Waals surface area contributed by atoms with Crippen LogP contribution in [0.25, 0.3) is 32.7 Å². The maximum atomic E-state index is 15.2. The molecule has 3 heterocycles. The Morgan fingerprint density at radius 3 is 1.15 bits per heavy atom. The fourth-order valence-electron chi connectivity index (χ4n) is 11.9. The second kappa shape index (κ2) is 39.1. The summed E-state index contributed by atoms with van der Waals surface area (Å²) >= 11 is 0. The number of guanidine groups is 2. The molecule has 7 aromatic rings. The molecular formula is C71H98N20O10.